The van der Waals surface area contributed by atoms with Crippen LogP contribution >= 0.6 is 11.8 Å². The number of hydrogen-bond acceptors (Lipinski definition) is 3. The van der Waals surface area contributed by atoms with Crippen molar-refractivity contribution < 1.29 is 0 Å². The zero-order valence-corrected chi connectivity index (χ0v) is 11.6. The zero-order valence-electron chi connectivity index (χ0n) is 10.8. The molecule has 0 aliphatic rings. The van der Waals surface area contributed by atoms with Crippen molar-refractivity contribution in [2.75, 3.05) is 19.8 Å². The van der Waals surface area contributed by atoms with Crippen molar-refractivity contribution in [3.05, 3.63) is 54.1 Å². The van der Waals surface area contributed by atoms with E-state index in [1.807, 2.05) is 12.1 Å². The average Bonchev–Trinajstić information content (AvgIpc) is 2.34. The summed E-state index contributed by atoms with van der Waals surface area (Å²) in [5.74, 6) is 0. The Bertz CT molecular complexity index is 506. The Balaban J connectivity index is 2.20. The third-order valence-corrected chi connectivity index (χ3v) is 3.69. The van der Waals surface area contributed by atoms with Gasteiger partial charge in [0.25, 0.3) is 0 Å². The summed E-state index contributed by atoms with van der Waals surface area (Å²) in [5, 5.41) is 0. The molecule has 2 aromatic rings. The third kappa shape index (κ3) is 3.52. The molecule has 0 aromatic heterocycles. The fraction of sp³-hybridized carbons (Fsp3) is 0.200. The number of anilines is 1. The van der Waals surface area contributed by atoms with E-state index < -0.39 is 0 Å². The summed E-state index contributed by atoms with van der Waals surface area (Å²) in [5.41, 5.74) is 7.86. The second kappa shape index (κ2) is 5.94. The van der Waals surface area contributed by atoms with Crippen molar-refractivity contribution in [1.82, 2.24) is 4.90 Å². The number of benzene rings is 2. The molecule has 0 atom stereocenters. The van der Waals surface area contributed by atoms with Crippen molar-refractivity contribution in [3.63, 3.8) is 0 Å². The summed E-state index contributed by atoms with van der Waals surface area (Å²) in [4.78, 5) is 4.70. The highest BCUT2D eigenvalue weighted by Crippen LogP contribution is 2.31. The van der Waals surface area contributed by atoms with Crippen molar-refractivity contribution in [2.45, 2.75) is 16.3 Å². The van der Waals surface area contributed by atoms with E-state index in [4.69, 9.17) is 5.73 Å². The highest BCUT2D eigenvalue weighted by molar-refractivity contribution is 7.99. The average molecular weight is 258 g/mol. The summed E-state index contributed by atoms with van der Waals surface area (Å²) >= 11 is 1.78. The molecule has 0 amide bonds. The monoisotopic (exact) mass is 258 g/mol. The molecular weight excluding hydrogens is 240 g/mol. The molecule has 0 unspecified atom stereocenters. The Morgan fingerprint density at radius 1 is 1.00 bits per heavy atom. The Morgan fingerprint density at radius 2 is 1.67 bits per heavy atom. The van der Waals surface area contributed by atoms with Gasteiger partial charge in [-0.3, -0.25) is 0 Å². The van der Waals surface area contributed by atoms with Crippen LogP contribution < -0.4 is 5.73 Å². The fourth-order valence-electron chi connectivity index (χ4n) is 1.74. The van der Waals surface area contributed by atoms with Gasteiger partial charge in [0.1, 0.15) is 0 Å². The lowest BCUT2D eigenvalue weighted by molar-refractivity contribution is 0.399. The summed E-state index contributed by atoms with van der Waals surface area (Å²) in [6.07, 6.45) is 0. The summed E-state index contributed by atoms with van der Waals surface area (Å²) < 4.78 is 0. The summed E-state index contributed by atoms with van der Waals surface area (Å²) in [7, 11) is 4.18. The second-order valence-corrected chi connectivity index (χ2v) is 5.63. The van der Waals surface area contributed by atoms with E-state index in [1.54, 1.807) is 11.8 Å². The fourth-order valence-corrected chi connectivity index (χ4v) is 2.67. The lowest BCUT2D eigenvalue weighted by atomic mass is 10.2. The summed E-state index contributed by atoms with van der Waals surface area (Å²) in [6, 6.07) is 16.5. The third-order valence-electron chi connectivity index (χ3n) is 2.57. The van der Waals surface area contributed by atoms with Gasteiger partial charge in [0.05, 0.1) is 0 Å². The van der Waals surface area contributed by atoms with Crippen LogP contribution in [-0.4, -0.2) is 19.0 Å². The standard InChI is InChI=1S/C15H18N2S/c1-17(2)11-12-5-3-4-6-15(12)18-14-9-7-13(16)8-10-14/h3-10H,11,16H2,1-2H3. The molecule has 3 heteroatoms. The van der Waals surface area contributed by atoms with Crippen LogP contribution in [0, 0.1) is 0 Å². The number of hydrogen-bond donors (Lipinski definition) is 1. The van der Waals surface area contributed by atoms with E-state index >= 15 is 0 Å². The Labute approximate surface area is 113 Å². The maximum absolute atomic E-state index is 5.70. The number of nitrogens with zero attached hydrogens (tertiary/aromatic N) is 1. The van der Waals surface area contributed by atoms with Crippen LogP contribution in [0.3, 0.4) is 0 Å². The Kier molecular flexibility index (Phi) is 4.28. The largest absolute Gasteiger partial charge is 0.399 e. The van der Waals surface area contributed by atoms with Crippen LogP contribution in [-0.2, 0) is 6.54 Å². The van der Waals surface area contributed by atoms with E-state index in [0.29, 0.717) is 0 Å². The first-order chi connectivity index (χ1) is 8.65. The van der Waals surface area contributed by atoms with Crippen LogP contribution in [0.25, 0.3) is 0 Å². The van der Waals surface area contributed by atoms with Crippen LogP contribution in [0.1, 0.15) is 5.56 Å². The first-order valence-corrected chi connectivity index (χ1v) is 6.73. The molecule has 0 spiro atoms. The van der Waals surface area contributed by atoms with Crippen LogP contribution in [0.15, 0.2) is 58.3 Å². The number of nitrogen functional groups attached to an aromatic ring is 1. The normalized spacial score (nSPS) is 10.8. The van der Waals surface area contributed by atoms with Gasteiger partial charge in [0, 0.05) is 22.0 Å². The first-order valence-electron chi connectivity index (χ1n) is 5.91. The second-order valence-electron chi connectivity index (χ2n) is 4.52. The minimum absolute atomic E-state index is 0.806. The van der Waals surface area contributed by atoms with Gasteiger partial charge >= 0.3 is 0 Å². The van der Waals surface area contributed by atoms with Gasteiger partial charge < -0.3 is 10.6 Å². The van der Waals surface area contributed by atoms with Crippen LogP contribution in [0.4, 0.5) is 5.69 Å². The molecular formula is C15H18N2S. The molecule has 2 N–H and O–H groups in total. The molecule has 2 aromatic carbocycles. The van der Waals surface area contributed by atoms with Gasteiger partial charge in [-0.15, -0.1) is 0 Å². The summed E-state index contributed by atoms with van der Waals surface area (Å²) in [6.45, 7) is 0.956. The molecule has 0 radical (unpaired) electrons. The highest BCUT2D eigenvalue weighted by atomic mass is 32.2. The van der Waals surface area contributed by atoms with Crippen molar-refractivity contribution in [2.24, 2.45) is 0 Å². The maximum atomic E-state index is 5.70. The van der Waals surface area contributed by atoms with Crippen LogP contribution in [0.5, 0.6) is 0 Å². The molecule has 0 heterocycles. The molecule has 0 aliphatic heterocycles. The first kappa shape index (κ1) is 13.0. The molecule has 2 nitrogen and oxygen atoms in total. The molecule has 94 valence electrons. The van der Waals surface area contributed by atoms with Gasteiger partial charge in [0.2, 0.25) is 0 Å². The Morgan fingerprint density at radius 3 is 2.33 bits per heavy atom. The van der Waals surface area contributed by atoms with Gasteiger partial charge in [-0.1, -0.05) is 30.0 Å². The van der Waals surface area contributed by atoms with E-state index in [2.05, 4.69) is 55.4 Å². The predicted octanol–water partition coefficient (Wildman–Crippen LogP) is 3.48. The number of nitrogens with two attached hydrogens (primary N) is 1. The molecule has 2 rings (SSSR count). The number of rotatable bonds is 4. The van der Waals surface area contributed by atoms with Gasteiger partial charge in [-0.2, -0.15) is 0 Å². The minimum atomic E-state index is 0.806. The van der Waals surface area contributed by atoms with Gasteiger partial charge in [-0.25, -0.2) is 0 Å². The van der Waals surface area contributed by atoms with Crippen LogP contribution in [0.2, 0.25) is 0 Å². The highest BCUT2D eigenvalue weighted by Gasteiger charge is 2.04. The molecule has 18 heavy (non-hydrogen) atoms. The zero-order chi connectivity index (χ0) is 13.0. The van der Waals surface area contributed by atoms with Crippen molar-refractivity contribution >= 4 is 17.4 Å². The molecule has 0 saturated carbocycles. The maximum Gasteiger partial charge on any atom is 0.0314 e. The minimum Gasteiger partial charge on any atom is -0.399 e. The van der Waals surface area contributed by atoms with E-state index in [-0.39, 0.29) is 0 Å². The SMILES string of the molecule is CN(C)Cc1ccccc1Sc1ccc(N)cc1. The lowest BCUT2D eigenvalue weighted by Gasteiger charge is -2.13. The van der Waals surface area contributed by atoms with Gasteiger partial charge in [-0.05, 0) is 50.0 Å². The van der Waals surface area contributed by atoms with Gasteiger partial charge in [0.15, 0.2) is 0 Å². The molecule has 0 bridgehead atoms. The van der Waals surface area contributed by atoms with E-state index in [0.717, 1.165) is 12.2 Å². The molecule has 0 saturated heterocycles. The van der Waals surface area contributed by atoms with E-state index in [1.165, 1.54) is 15.4 Å². The predicted molar refractivity (Wildman–Crippen MR) is 78.8 cm³/mol. The Hall–Kier alpha value is -1.45. The topological polar surface area (TPSA) is 29.3 Å². The molecule has 0 fully saturated rings. The smallest absolute Gasteiger partial charge is 0.0314 e. The van der Waals surface area contributed by atoms with Crippen molar-refractivity contribution in [1.29, 1.82) is 0 Å². The van der Waals surface area contributed by atoms with Crippen molar-refractivity contribution in [3.8, 4) is 0 Å². The quantitative estimate of drug-likeness (QED) is 0.851. The molecule has 0 aliphatic carbocycles. The van der Waals surface area contributed by atoms with E-state index in [9.17, 15) is 0 Å². The lowest BCUT2D eigenvalue weighted by Crippen LogP contribution is -2.11.